The summed E-state index contributed by atoms with van der Waals surface area (Å²) in [6.45, 7) is 1.68. The van der Waals surface area contributed by atoms with E-state index in [1.165, 1.54) is 11.8 Å². The molecule has 0 aliphatic carbocycles. The van der Waals surface area contributed by atoms with Crippen molar-refractivity contribution < 1.29 is 24.6 Å². The quantitative estimate of drug-likeness (QED) is 0.516. The third kappa shape index (κ3) is 4.80. The second-order valence-corrected chi connectivity index (χ2v) is 6.55. The number of likely N-dealkylation sites (tertiary alicyclic amines) is 1. The highest BCUT2D eigenvalue weighted by atomic mass is 16.4. The number of carbonyl (C=O) groups is 3. The number of carboxylic acid groups (broad SMARTS) is 1. The van der Waals surface area contributed by atoms with Crippen molar-refractivity contribution in [2.45, 2.75) is 50.4 Å². The van der Waals surface area contributed by atoms with E-state index in [1.807, 2.05) is 30.3 Å². The van der Waals surface area contributed by atoms with Gasteiger partial charge in [-0.05, 0) is 31.7 Å². The Morgan fingerprint density at radius 2 is 1.96 bits per heavy atom. The standard InChI is InChI=1S/C18H25N3O5/c1-11(22)15(18(25)26)20-16(23)14-8-5-9-21(14)17(24)13(19)10-12-6-3-2-4-7-12/h2-4,6-7,11,13-15,22H,5,8-10,19H2,1H3,(H,20,23)(H,25,26)/t11-,13+,14+,15+/m1/s1. The van der Waals surface area contributed by atoms with E-state index in [0.717, 1.165) is 5.56 Å². The number of aliphatic carboxylic acids is 1. The molecule has 1 aliphatic rings. The molecule has 0 radical (unpaired) electrons. The monoisotopic (exact) mass is 363 g/mol. The Morgan fingerprint density at radius 3 is 2.54 bits per heavy atom. The lowest BCUT2D eigenvalue weighted by Crippen LogP contribution is -2.56. The molecular formula is C18H25N3O5. The van der Waals surface area contributed by atoms with Gasteiger partial charge in [0.05, 0.1) is 12.1 Å². The number of hydrogen-bond donors (Lipinski definition) is 4. The lowest BCUT2D eigenvalue weighted by Gasteiger charge is -2.28. The lowest BCUT2D eigenvalue weighted by atomic mass is 10.0. The molecule has 2 amide bonds. The number of carboxylic acids is 1. The molecule has 0 saturated carbocycles. The van der Waals surface area contributed by atoms with Gasteiger partial charge in [-0.1, -0.05) is 30.3 Å². The zero-order chi connectivity index (χ0) is 19.3. The fourth-order valence-corrected chi connectivity index (χ4v) is 3.11. The topological polar surface area (TPSA) is 133 Å². The molecule has 8 nitrogen and oxygen atoms in total. The number of nitrogens with zero attached hydrogens (tertiary/aromatic N) is 1. The maximum Gasteiger partial charge on any atom is 0.328 e. The van der Waals surface area contributed by atoms with Crippen molar-refractivity contribution >= 4 is 17.8 Å². The Labute approximate surface area is 152 Å². The first-order valence-corrected chi connectivity index (χ1v) is 8.62. The number of nitrogens with two attached hydrogens (primary N) is 1. The van der Waals surface area contributed by atoms with Gasteiger partial charge in [0.1, 0.15) is 6.04 Å². The van der Waals surface area contributed by atoms with Crippen LogP contribution in [0.2, 0.25) is 0 Å². The third-order valence-electron chi connectivity index (χ3n) is 4.50. The minimum Gasteiger partial charge on any atom is -0.480 e. The minimum absolute atomic E-state index is 0.338. The smallest absolute Gasteiger partial charge is 0.328 e. The highest BCUT2D eigenvalue weighted by Gasteiger charge is 2.38. The zero-order valence-electron chi connectivity index (χ0n) is 14.7. The molecule has 8 heteroatoms. The summed E-state index contributed by atoms with van der Waals surface area (Å²) < 4.78 is 0. The molecule has 2 rings (SSSR count). The summed E-state index contributed by atoms with van der Waals surface area (Å²) in [4.78, 5) is 37.7. The van der Waals surface area contributed by atoms with Gasteiger partial charge in [0.15, 0.2) is 6.04 Å². The van der Waals surface area contributed by atoms with Crippen molar-refractivity contribution in [3.05, 3.63) is 35.9 Å². The van der Waals surface area contributed by atoms with Crippen LogP contribution in [0.1, 0.15) is 25.3 Å². The Morgan fingerprint density at radius 1 is 1.31 bits per heavy atom. The van der Waals surface area contributed by atoms with E-state index in [0.29, 0.717) is 25.8 Å². The molecule has 142 valence electrons. The van der Waals surface area contributed by atoms with Gasteiger partial charge >= 0.3 is 5.97 Å². The first-order chi connectivity index (χ1) is 12.3. The van der Waals surface area contributed by atoms with E-state index in [2.05, 4.69) is 5.32 Å². The predicted molar refractivity (Wildman–Crippen MR) is 94.1 cm³/mol. The first-order valence-electron chi connectivity index (χ1n) is 8.62. The van der Waals surface area contributed by atoms with Crippen molar-refractivity contribution in [3.8, 4) is 0 Å². The van der Waals surface area contributed by atoms with Gasteiger partial charge in [-0.2, -0.15) is 0 Å². The van der Waals surface area contributed by atoms with Crippen LogP contribution >= 0.6 is 0 Å². The van der Waals surface area contributed by atoms with Crippen LogP contribution in [0.4, 0.5) is 0 Å². The van der Waals surface area contributed by atoms with Crippen LogP contribution in [0, 0.1) is 0 Å². The molecular weight excluding hydrogens is 338 g/mol. The zero-order valence-corrected chi connectivity index (χ0v) is 14.7. The van der Waals surface area contributed by atoms with E-state index in [9.17, 15) is 19.5 Å². The Hall–Kier alpha value is -2.45. The molecule has 0 unspecified atom stereocenters. The van der Waals surface area contributed by atoms with Crippen molar-refractivity contribution in [2.24, 2.45) is 5.73 Å². The molecule has 4 atom stereocenters. The predicted octanol–water partition coefficient (Wildman–Crippen LogP) is -0.502. The molecule has 0 aromatic heterocycles. The molecule has 1 fully saturated rings. The normalized spacial score (nSPS) is 20.3. The van der Waals surface area contributed by atoms with Gasteiger partial charge in [-0.25, -0.2) is 4.79 Å². The van der Waals surface area contributed by atoms with Crippen molar-refractivity contribution in [1.29, 1.82) is 0 Å². The second kappa shape index (κ2) is 8.77. The van der Waals surface area contributed by atoms with Crippen molar-refractivity contribution in [3.63, 3.8) is 0 Å². The molecule has 1 saturated heterocycles. The molecule has 0 spiro atoms. The van der Waals surface area contributed by atoms with Crippen LogP contribution < -0.4 is 11.1 Å². The Balaban J connectivity index is 2.02. The number of benzene rings is 1. The van der Waals surface area contributed by atoms with Gasteiger partial charge < -0.3 is 26.2 Å². The SMILES string of the molecule is C[C@@H](O)[C@H](NC(=O)[C@@H]1CCCN1C(=O)[C@@H](N)Cc1ccccc1)C(=O)O. The molecule has 1 heterocycles. The van der Waals surface area contributed by atoms with Crippen LogP contribution in [0.3, 0.4) is 0 Å². The first kappa shape index (κ1) is 19.9. The molecule has 1 aromatic rings. The third-order valence-corrected chi connectivity index (χ3v) is 4.50. The van der Waals surface area contributed by atoms with Crippen molar-refractivity contribution in [1.82, 2.24) is 10.2 Å². The van der Waals surface area contributed by atoms with Gasteiger partial charge in [-0.3, -0.25) is 9.59 Å². The van der Waals surface area contributed by atoms with Gasteiger partial charge in [0.25, 0.3) is 0 Å². The largest absolute Gasteiger partial charge is 0.480 e. The number of carbonyl (C=O) groups excluding carboxylic acids is 2. The van der Waals surface area contributed by atoms with Crippen LogP contribution in [-0.2, 0) is 20.8 Å². The van der Waals surface area contributed by atoms with Gasteiger partial charge in [0, 0.05) is 6.54 Å². The summed E-state index contributed by atoms with van der Waals surface area (Å²) in [6.07, 6.45) is 0.175. The van der Waals surface area contributed by atoms with E-state index in [1.54, 1.807) is 0 Å². The highest BCUT2D eigenvalue weighted by Crippen LogP contribution is 2.19. The van der Waals surface area contributed by atoms with Crippen LogP contribution in [0.15, 0.2) is 30.3 Å². The number of aliphatic hydroxyl groups excluding tert-OH is 1. The fourth-order valence-electron chi connectivity index (χ4n) is 3.11. The molecule has 26 heavy (non-hydrogen) atoms. The number of hydrogen-bond acceptors (Lipinski definition) is 5. The lowest BCUT2D eigenvalue weighted by molar-refractivity contribution is -0.146. The van der Waals surface area contributed by atoms with E-state index in [-0.39, 0.29) is 5.91 Å². The summed E-state index contributed by atoms with van der Waals surface area (Å²) in [5, 5.41) is 20.9. The minimum atomic E-state index is -1.42. The molecule has 1 aliphatic heterocycles. The van der Waals surface area contributed by atoms with Gasteiger partial charge in [0.2, 0.25) is 11.8 Å². The average molecular weight is 363 g/mol. The summed E-state index contributed by atoms with van der Waals surface area (Å²) >= 11 is 0. The van der Waals surface area contributed by atoms with Gasteiger partial charge in [-0.15, -0.1) is 0 Å². The number of amides is 2. The van der Waals surface area contributed by atoms with E-state index >= 15 is 0 Å². The van der Waals surface area contributed by atoms with Crippen molar-refractivity contribution in [2.75, 3.05) is 6.54 Å². The highest BCUT2D eigenvalue weighted by molar-refractivity contribution is 5.92. The van der Waals surface area contributed by atoms with Crippen LogP contribution in [0.25, 0.3) is 0 Å². The summed E-state index contributed by atoms with van der Waals surface area (Å²) in [5.41, 5.74) is 6.96. The van der Waals surface area contributed by atoms with Crippen LogP contribution in [-0.4, -0.2) is 63.7 Å². The van der Waals surface area contributed by atoms with E-state index in [4.69, 9.17) is 10.8 Å². The summed E-state index contributed by atoms with van der Waals surface area (Å²) in [7, 11) is 0. The summed E-state index contributed by atoms with van der Waals surface area (Å²) in [5.74, 6) is -2.25. The molecule has 0 bridgehead atoms. The fraction of sp³-hybridized carbons (Fsp3) is 0.500. The Kier molecular flexibility index (Phi) is 6.70. The Bertz CT molecular complexity index is 649. The second-order valence-electron chi connectivity index (χ2n) is 6.55. The maximum atomic E-state index is 12.7. The molecule has 5 N–H and O–H groups in total. The maximum absolute atomic E-state index is 12.7. The van der Waals surface area contributed by atoms with E-state index < -0.39 is 36.1 Å². The number of rotatable bonds is 7. The van der Waals surface area contributed by atoms with Crippen LogP contribution in [0.5, 0.6) is 0 Å². The summed E-state index contributed by atoms with van der Waals surface area (Å²) in [6, 6.07) is 6.38. The molecule has 1 aromatic carbocycles. The number of aliphatic hydroxyl groups is 1. The average Bonchev–Trinajstić information content (AvgIpc) is 3.08. The number of nitrogens with one attached hydrogen (secondary N) is 1.